The SMILES string of the molecule is COc1cncc(C2CCON2C(=O)C2CCCCC2)n1. The molecule has 1 unspecified atom stereocenters. The van der Waals surface area contributed by atoms with E-state index in [1.807, 2.05) is 0 Å². The molecule has 114 valence electrons. The van der Waals surface area contributed by atoms with Crippen LogP contribution in [0.2, 0.25) is 0 Å². The van der Waals surface area contributed by atoms with Gasteiger partial charge in [-0.1, -0.05) is 19.3 Å². The molecule has 21 heavy (non-hydrogen) atoms. The highest BCUT2D eigenvalue weighted by Gasteiger charge is 2.37. The topological polar surface area (TPSA) is 64.6 Å². The van der Waals surface area contributed by atoms with Crippen molar-refractivity contribution in [3.05, 3.63) is 18.1 Å². The minimum absolute atomic E-state index is 0.0953. The van der Waals surface area contributed by atoms with Gasteiger partial charge in [-0.2, -0.15) is 0 Å². The van der Waals surface area contributed by atoms with Crippen molar-refractivity contribution < 1.29 is 14.4 Å². The maximum absolute atomic E-state index is 12.7. The average Bonchev–Trinajstić information content (AvgIpc) is 3.04. The molecule has 1 aromatic heterocycles. The summed E-state index contributed by atoms with van der Waals surface area (Å²) >= 11 is 0. The van der Waals surface area contributed by atoms with E-state index in [4.69, 9.17) is 9.57 Å². The van der Waals surface area contributed by atoms with Crippen LogP contribution in [0.4, 0.5) is 0 Å². The lowest BCUT2D eigenvalue weighted by Crippen LogP contribution is -2.36. The molecular formula is C15H21N3O3. The Balaban J connectivity index is 1.76. The number of hydroxylamine groups is 2. The highest BCUT2D eigenvalue weighted by molar-refractivity contribution is 5.78. The average molecular weight is 291 g/mol. The van der Waals surface area contributed by atoms with Gasteiger partial charge in [0.25, 0.3) is 0 Å². The second-order valence-electron chi connectivity index (χ2n) is 5.62. The summed E-state index contributed by atoms with van der Waals surface area (Å²) < 4.78 is 5.11. The van der Waals surface area contributed by atoms with Gasteiger partial charge in [-0.3, -0.25) is 14.6 Å². The highest BCUT2D eigenvalue weighted by Crippen LogP contribution is 2.34. The molecule has 6 nitrogen and oxygen atoms in total. The van der Waals surface area contributed by atoms with Gasteiger partial charge in [0.05, 0.1) is 31.8 Å². The molecule has 0 spiro atoms. The summed E-state index contributed by atoms with van der Waals surface area (Å²) in [5.74, 6) is 0.657. The van der Waals surface area contributed by atoms with E-state index in [0.717, 1.165) is 37.8 Å². The number of hydrogen-bond acceptors (Lipinski definition) is 5. The molecule has 2 fully saturated rings. The Hall–Kier alpha value is -1.69. The largest absolute Gasteiger partial charge is 0.480 e. The van der Waals surface area contributed by atoms with E-state index in [9.17, 15) is 4.79 Å². The molecule has 3 rings (SSSR count). The van der Waals surface area contributed by atoms with Crippen LogP contribution in [0.1, 0.15) is 50.3 Å². The quantitative estimate of drug-likeness (QED) is 0.854. The Labute approximate surface area is 124 Å². The second-order valence-corrected chi connectivity index (χ2v) is 5.62. The van der Waals surface area contributed by atoms with Gasteiger partial charge in [-0.05, 0) is 12.8 Å². The molecular weight excluding hydrogens is 270 g/mol. The van der Waals surface area contributed by atoms with Crippen molar-refractivity contribution in [2.24, 2.45) is 5.92 Å². The third kappa shape index (κ3) is 3.00. The van der Waals surface area contributed by atoms with Gasteiger partial charge >= 0.3 is 0 Å². The Kier molecular flexibility index (Phi) is 4.34. The van der Waals surface area contributed by atoms with Crippen molar-refractivity contribution in [1.29, 1.82) is 0 Å². The van der Waals surface area contributed by atoms with E-state index in [2.05, 4.69) is 9.97 Å². The first-order chi connectivity index (χ1) is 10.3. The van der Waals surface area contributed by atoms with Crippen LogP contribution in [0.5, 0.6) is 5.88 Å². The Morgan fingerprint density at radius 3 is 2.86 bits per heavy atom. The van der Waals surface area contributed by atoms with Gasteiger partial charge < -0.3 is 4.74 Å². The van der Waals surface area contributed by atoms with E-state index in [1.54, 1.807) is 19.5 Å². The Bertz CT molecular complexity index is 503. The second kappa shape index (κ2) is 6.39. The van der Waals surface area contributed by atoms with Crippen molar-refractivity contribution in [1.82, 2.24) is 15.0 Å². The number of aromatic nitrogens is 2. The number of carbonyl (C=O) groups is 1. The first-order valence-corrected chi connectivity index (χ1v) is 7.61. The number of amides is 1. The fourth-order valence-corrected chi connectivity index (χ4v) is 3.11. The number of nitrogens with zero attached hydrogens (tertiary/aromatic N) is 3. The summed E-state index contributed by atoms with van der Waals surface area (Å²) in [5.41, 5.74) is 0.732. The molecule has 0 N–H and O–H groups in total. The summed E-state index contributed by atoms with van der Waals surface area (Å²) in [6.07, 6.45) is 9.43. The lowest BCUT2D eigenvalue weighted by molar-refractivity contribution is -0.183. The van der Waals surface area contributed by atoms with Gasteiger partial charge in [0.2, 0.25) is 11.8 Å². The predicted octanol–water partition coefficient (Wildman–Crippen LogP) is 2.27. The summed E-state index contributed by atoms with van der Waals surface area (Å²) in [6, 6.07) is -0.151. The summed E-state index contributed by atoms with van der Waals surface area (Å²) in [5, 5.41) is 1.53. The molecule has 0 bridgehead atoms. The van der Waals surface area contributed by atoms with E-state index in [1.165, 1.54) is 11.5 Å². The van der Waals surface area contributed by atoms with Crippen LogP contribution in [-0.4, -0.2) is 34.7 Å². The highest BCUT2D eigenvalue weighted by atomic mass is 16.7. The van der Waals surface area contributed by atoms with Crippen molar-refractivity contribution in [2.75, 3.05) is 13.7 Å². The normalized spacial score (nSPS) is 23.3. The third-order valence-electron chi connectivity index (χ3n) is 4.26. The van der Waals surface area contributed by atoms with Crippen molar-refractivity contribution in [3.63, 3.8) is 0 Å². The number of ether oxygens (including phenoxy) is 1. The van der Waals surface area contributed by atoms with Crippen LogP contribution >= 0.6 is 0 Å². The zero-order valence-electron chi connectivity index (χ0n) is 12.3. The molecule has 1 aromatic rings. The minimum Gasteiger partial charge on any atom is -0.480 e. The number of methoxy groups -OCH3 is 1. The molecule has 2 aliphatic rings. The van der Waals surface area contributed by atoms with E-state index >= 15 is 0 Å². The first-order valence-electron chi connectivity index (χ1n) is 7.61. The molecule has 6 heteroatoms. The van der Waals surface area contributed by atoms with Gasteiger partial charge in [0, 0.05) is 12.3 Å². The molecule has 1 atom stereocenters. The monoisotopic (exact) mass is 291 g/mol. The molecule has 1 saturated carbocycles. The smallest absolute Gasteiger partial charge is 0.249 e. The fraction of sp³-hybridized carbons (Fsp3) is 0.667. The Morgan fingerprint density at radius 1 is 1.29 bits per heavy atom. The summed E-state index contributed by atoms with van der Waals surface area (Å²) in [4.78, 5) is 26.8. The Morgan fingerprint density at radius 2 is 2.10 bits per heavy atom. The lowest BCUT2D eigenvalue weighted by atomic mass is 9.88. The molecule has 1 aliphatic heterocycles. The lowest BCUT2D eigenvalue weighted by Gasteiger charge is -2.28. The number of carbonyl (C=O) groups excluding carboxylic acids is 1. The van der Waals surface area contributed by atoms with Crippen molar-refractivity contribution in [2.45, 2.75) is 44.6 Å². The maximum Gasteiger partial charge on any atom is 0.249 e. The van der Waals surface area contributed by atoms with Gasteiger partial charge in [-0.25, -0.2) is 10.0 Å². The number of rotatable bonds is 3. The van der Waals surface area contributed by atoms with E-state index in [0.29, 0.717) is 12.5 Å². The van der Waals surface area contributed by atoms with Gasteiger partial charge in [0.15, 0.2) is 0 Å². The molecule has 1 aliphatic carbocycles. The molecule has 1 amide bonds. The van der Waals surface area contributed by atoms with Gasteiger partial charge in [-0.15, -0.1) is 0 Å². The first kappa shape index (κ1) is 14.3. The van der Waals surface area contributed by atoms with Crippen LogP contribution in [0, 0.1) is 5.92 Å². The zero-order valence-corrected chi connectivity index (χ0v) is 12.3. The van der Waals surface area contributed by atoms with E-state index in [-0.39, 0.29) is 17.9 Å². The summed E-state index contributed by atoms with van der Waals surface area (Å²) in [7, 11) is 1.56. The summed E-state index contributed by atoms with van der Waals surface area (Å²) in [6.45, 7) is 0.544. The standard InChI is InChI=1S/C15H21N3O3/c1-20-14-10-16-9-12(17-14)13-7-8-21-18(13)15(19)11-5-3-2-4-6-11/h9-11,13H,2-8H2,1H3. The maximum atomic E-state index is 12.7. The molecule has 2 heterocycles. The molecule has 0 radical (unpaired) electrons. The minimum atomic E-state index is -0.151. The van der Waals surface area contributed by atoms with Gasteiger partial charge in [0.1, 0.15) is 6.04 Å². The van der Waals surface area contributed by atoms with Crippen LogP contribution in [-0.2, 0) is 9.63 Å². The number of hydrogen-bond donors (Lipinski definition) is 0. The fourth-order valence-electron chi connectivity index (χ4n) is 3.11. The molecule has 0 aromatic carbocycles. The predicted molar refractivity (Wildman–Crippen MR) is 75.3 cm³/mol. The van der Waals surface area contributed by atoms with Crippen LogP contribution in [0.3, 0.4) is 0 Å². The van der Waals surface area contributed by atoms with Crippen LogP contribution < -0.4 is 4.74 Å². The van der Waals surface area contributed by atoms with Crippen molar-refractivity contribution in [3.8, 4) is 5.88 Å². The molecule has 1 saturated heterocycles. The van der Waals surface area contributed by atoms with E-state index < -0.39 is 0 Å². The third-order valence-corrected chi connectivity index (χ3v) is 4.26. The zero-order chi connectivity index (χ0) is 14.7. The van der Waals surface area contributed by atoms with Crippen molar-refractivity contribution >= 4 is 5.91 Å². The van der Waals surface area contributed by atoms with Crippen LogP contribution in [0.15, 0.2) is 12.4 Å². The van der Waals surface area contributed by atoms with Crippen LogP contribution in [0.25, 0.3) is 0 Å².